The summed E-state index contributed by atoms with van der Waals surface area (Å²) in [6, 6.07) is 12.6. The lowest BCUT2D eigenvalue weighted by molar-refractivity contribution is -0.125. The van der Waals surface area contributed by atoms with Gasteiger partial charge in [0.25, 0.3) is 5.91 Å². The van der Waals surface area contributed by atoms with Crippen LogP contribution in [-0.2, 0) is 9.53 Å². The number of esters is 1. The maximum atomic E-state index is 12.3. The van der Waals surface area contributed by atoms with Gasteiger partial charge in [0.1, 0.15) is 17.1 Å². The summed E-state index contributed by atoms with van der Waals surface area (Å²) in [4.78, 5) is 24.5. The van der Waals surface area contributed by atoms with Crippen molar-refractivity contribution < 1.29 is 23.8 Å². The monoisotopic (exact) mass is 371 g/mol. The van der Waals surface area contributed by atoms with Crippen LogP contribution in [0.15, 0.2) is 42.5 Å². The predicted octanol–water partition coefficient (Wildman–Crippen LogP) is 3.44. The standard InChI is InChI=1S/C21H25NO5/c1-5-18(15-8-6-14(2)7-9-15)22-20(23)13-27-21(24)17-12-16(25-3)10-11-19(17)26-4/h6-12,18H,5,13H2,1-4H3,(H,22,23)/t18-/m1/s1. The van der Waals surface area contributed by atoms with Gasteiger partial charge in [0.05, 0.1) is 20.3 Å². The van der Waals surface area contributed by atoms with E-state index in [2.05, 4.69) is 5.32 Å². The number of carbonyl (C=O) groups excluding carboxylic acids is 2. The molecule has 0 bridgehead atoms. The number of nitrogens with one attached hydrogen (secondary N) is 1. The fourth-order valence-corrected chi connectivity index (χ4v) is 2.64. The van der Waals surface area contributed by atoms with Crippen molar-refractivity contribution in [1.29, 1.82) is 0 Å². The second-order valence-electron chi connectivity index (χ2n) is 6.08. The molecule has 0 fully saturated rings. The molecule has 2 rings (SSSR count). The highest BCUT2D eigenvalue weighted by atomic mass is 16.5. The highest BCUT2D eigenvalue weighted by Crippen LogP contribution is 2.24. The second kappa shape index (κ2) is 9.62. The van der Waals surface area contributed by atoms with Crippen LogP contribution in [0.3, 0.4) is 0 Å². The van der Waals surface area contributed by atoms with Gasteiger partial charge in [-0.25, -0.2) is 4.79 Å². The van der Waals surface area contributed by atoms with Crippen molar-refractivity contribution in [2.24, 2.45) is 0 Å². The second-order valence-corrected chi connectivity index (χ2v) is 6.08. The highest BCUT2D eigenvalue weighted by Gasteiger charge is 2.18. The van der Waals surface area contributed by atoms with E-state index in [1.165, 1.54) is 20.3 Å². The number of methoxy groups -OCH3 is 2. The summed E-state index contributed by atoms with van der Waals surface area (Å²) in [7, 11) is 2.96. The summed E-state index contributed by atoms with van der Waals surface area (Å²) >= 11 is 0. The van der Waals surface area contributed by atoms with Crippen molar-refractivity contribution in [3.63, 3.8) is 0 Å². The third kappa shape index (κ3) is 5.48. The average Bonchev–Trinajstić information content (AvgIpc) is 2.70. The molecule has 0 aliphatic heterocycles. The first-order valence-electron chi connectivity index (χ1n) is 8.73. The molecule has 0 aliphatic rings. The lowest BCUT2D eigenvalue weighted by Gasteiger charge is -2.18. The van der Waals surface area contributed by atoms with Crippen LogP contribution in [0.4, 0.5) is 0 Å². The minimum Gasteiger partial charge on any atom is -0.497 e. The maximum absolute atomic E-state index is 12.3. The van der Waals surface area contributed by atoms with Crippen molar-refractivity contribution in [1.82, 2.24) is 5.32 Å². The molecule has 2 aromatic carbocycles. The van der Waals surface area contributed by atoms with Crippen LogP contribution in [0.2, 0.25) is 0 Å². The normalized spacial score (nSPS) is 11.4. The lowest BCUT2D eigenvalue weighted by Crippen LogP contribution is -2.32. The number of benzene rings is 2. The quantitative estimate of drug-likeness (QED) is 0.720. The number of amides is 1. The smallest absolute Gasteiger partial charge is 0.342 e. The Morgan fingerprint density at radius 1 is 1.04 bits per heavy atom. The molecule has 0 saturated carbocycles. The molecule has 6 nitrogen and oxygen atoms in total. The van der Waals surface area contributed by atoms with E-state index in [-0.39, 0.29) is 24.1 Å². The van der Waals surface area contributed by atoms with E-state index >= 15 is 0 Å². The number of carbonyl (C=O) groups is 2. The molecule has 1 N–H and O–H groups in total. The molecule has 0 heterocycles. The number of hydrogen-bond acceptors (Lipinski definition) is 5. The number of aryl methyl sites for hydroxylation is 1. The summed E-state index contributed by atoms with van der Waals surface area (Å²) in [5, 5.41) is 2.89. The van der Waals surface area contributed by atoms with Gasteiger partial charge < -0.3 is 19.5 Å². The molecular weight excluding hydrogens is 346 g/mol. The van der Waals surface area contributed by atoms with Gasteiger partial charge in [0.2, 0.25) is 0 Å². The largest absolute Gasteiger partial charge is 0.497 e. The predicted molar refractivity (Wildman–Crippen MR) is 102 cm³/mol. The topological polar surface area (TPSA) is 73.9 Å². The number of rotatable bonds is 8. The van der Waals surface area contributed by atoms with Crippen molar-refractivity contribution >= 4 is 11.9 Å². The zero-order valence-electron chi connectivity index (χ0n) is 16.1. The summed E-state index contributed by atoms with van der Waals surface area (Å²) in [5.41, 5.74) is 2.37. The SMILES string of the molecule is CC[C@@H](NC(=O)COC(=O)c1cc(OC)ccc1OC)c1ccc(C)cc1. The van der Waals surface area contributed by atoms with Crippen molar-refractivity contribution in [2.75, 3.05) is 20.8 Å². The minimum absolute atomic E-state index is 0.136. The number of ether oxygens (including phenoxy) is 3. The van der Waals surface area contributed by atoms with E-state index in [4.69, 9.17) is 14.2 Å². The van der Waals surface area contributed by atoms with Crippen LogP contribution in [0.1, 0.15) is 40.9 Å². The Morgan fingerprint density at radius 3 is 2.33 bits per heavy atom. The fourth-order valence-electron chi connectivity index (χ4n) is 2.64. The summed E-state index contributed by atoms with van der Waals surface area (Å²) in [6.45, 7) is 3.62. The van der Waals surface area contributed by atoms with E-state index in [0.29, 0.717) is 11.5 Å². The Kier molecular flexibility index (Phi) is 7.23. The van der Waals surface area contributed by atoms with E-state index in [1.54, 1.807) is 12.1 Å². The van der Waals surface area contributed by atoms with E-state index in [9.17, 15) is 9.59 Å². The Bertz CT molecular complexity index is 786. The lowest BCUT2D eigenvalue weighted by atomic mass is 10.0. The van der Waals surface area contributed by atoms with Gasteiger partial charge in [0, 0.05) is 0 Å². The van der Waals surface area contributed by atoms with Gasteiger partial charge in [-0.15, -0.1) is 0 Å². The van der Waals surface area contributed by atoms with Crippen LogP contribution in [0, 0.1) is 6.92 Å². The zero-order valence-corrected chi connectivity index (χ0v) is 16.1. The molecule has 1 atom stereocenters. The molecule has 0 radical (unpaired) electrons. The Morgan fingerprint density at radius 2 is 1.74 bits per heavy atom. The van der Waals surface area contributed by atoms with Gasteiger partial charge in [0.15, 0.2) is 6.61 Å². The molecule has 0 saturated heterocycles. The van der Waals surface area contributed by atoms with Crippen molar-refractivity contribution in [3.05, 3.63) is 59.2 Å². The van der Waals surface area contributed by atoms with Gasteiger partial charge in [-0.3, -0.25) is 4.79 Å². The first-order chi connectivity index (χ1) is 13.0. The van der Waals surface area contributed by atoms with Gasteiger partial charge in [-0.1, -0.05) is 36.8 Å². The Hall–Kier alpha value is -3.02. The summed E-state index contributed by atoms with van der Waals surface area (Å²) < 4.78 is 15.4. The van der Waals surface area contributed by atoms with E-state index < -0.39 is 5.97 Å². The third-order valence-electron chi connectivity index (χ3n) is 4.18. The Labute approximate surface area is 159 Å². The molecule has 0 aliphatic carbocycles. The molecule has 0 unspecified atom stereocenters. The summed E-state index contributed by atoms with van der Waals surface area (Å²) in [5.74, 6) is -0.160. The zero-order chi connectivity index (χ0) is 19.8. The van der Waals surface area contributed by atoms with Crippen LogP contribution >= 0.6 is 0 Å². The number of hydrogen-bond donors (Lipinski definition) is 1. The van der Waals surface area contributed by atoms with Crippen molar-refractivity contribution in [2.45, 2.75) is 26.3 Å². The third-order valence-corrected chi connectivity index (χ3v) is 4.18. The van der Waals surface area contributed by atoms with Crippen LogP contribution in [0.5, 0.6) is 11.5 Å². The summed E-state index contributed by atoms with van der Waals surface area (Å²) in [6.07, 6.45) is 0.729. The van der Waals surface area contributed by atoms with Gasteiger partial charge in [-0.05, 0) is 37.1 Å². The Balaban J connectivity index is 1.98. The van der Waals surface area contributed by atoms with E-state index in [0.717, 1.165) is 17.5 Å². The minimum atomic E-state index is -0.649. The van der Waals surface area contributed by atoms with Crippen molar-refractivity contribution in [3.8, 4) is 11.5 Å². The molecule has 1 amide bonds. The first-order valence-corrected chi connectivity index (χ1v) is 8.73. The molecule has 144 valence electrons. The highest BCUT2D eigenvalue weighted by molar-refractivity contribution is 5.94. The van der Waals surface area contributed by atoms with Crippen LogP contribution in [0.25, 0.3) is 0 Å². The van der Waals surface area contributed by atoms with Gasteiger partial charge in [-0.2, -0.15) is 0 Å². The van der Waals surface area contributed by atoms with Crippen LogP contribution < -0.4 is 14.8 Å². The first kappa shape index (κ1) is 20.3. The molecule has 0 aromatic heterocycles. The van der Waals surface area contributed by atoms with Crippen LogP contribution in [-0.4, -0.2) is 32.7 Å². The molecule has 27 heavy (non-hydrogen) atoms. The molecule has 6 heteroatoms. The van der Waals surface area contributed by atoms with E-state index in [1.807, 2.05) is 38.1 Å². The van der Waals surface area contributed by atoms with Gasteiger partial charge >= 0.3 is 5.97 Å². The molecular formula is C21H25NO5. The fraction of sp³-hybridized carbons (Fsp3) is 0.333. The molecule has 2 aromatic rings. The average molecular weight is 371 g/mol. The maximum Gasteiger partial charge on any atom is 0.342 e. The molecule has 0 spiro atoms.